The summed E-state index contributed by atoms with van der Waals surface area (Å²) in [5, 5.41) is 0. The third kappa shape index (κ3) is 2.66. The summed E-state index contributed by atoms with van der Waals surface area (Å²) in [6, 6.07) is 27.5. The Morgan fingerprint density at radius 1 is 0.667 bits per heavy atom. The van der Waals surface area contributed by atoms with Crippen LogP contribution in [0.15, 0.2) is 85.4 Å². The topological polar surface area (TPSA) is 0 Å². The van der Waals surface area contributed by atoms with E-state index in [0.717, 1.165) is 5.57 Å². The van der Waals surface area contributed by atoms with Crippen LogP contribution in [0, 0.1) is 0 Å². The third-order valence-electron chi connectivity index (χ3n) is 3.67. The molecule has 102 valence electrons. The second-order valence-electron chi connectivity index (χ2n) is 5.24. The summed E-state index contributed by atoms with van der Waals surface area (Å²) >= 11 is 0. The maximum absolute atomic E-state index is 4.15. The zero-order valence-electron chi connectivity index (χ0n) is 12.2. The van der Waals surface area contributed by atoms with Gasteiger partial charge in [0.2, 0.25) is 0 Å². The minimum Gasteiger partial charge on any atom is -0.0955 e. The van der Waals surface area contributed by atoms with Crippen molar-refractivity contribution in [2.45, 2.75) is 6.92 Å². The summed E-state index contributed by atoms with van der Waals surface area (Å²) in [6.07, 6.45) is 0. The van der Waals surface area contributed by atoms with Gasteiger partial charge in [-0.3, -0.25) is 0 Å². The molecule has 0 N–H and O–H groups in total. The van der Waals surface area contributed by atoms with Crippen molar-refractivity contribution in [1.29, 1.82) is 0 Å². The molecule has 0 nitrogen and oxygen atoms in total. The van der Waals surface area contributed by atoms with Gasteiger partial charge in [0.1, 0.15) is 0 Å². The number of hydrogen-bond acceptors (Lipinski definition) is 0. The monoisotopic (exact) mass is 270 g/mol. The Morgan fingerprint density at radius 3 is 1.81 bits per heavy atom. The average Bonchev–Trinajstić information content (AvgIpc) is 2.55. The molecule has 0 aliphatic heterocycles. The molecule has 0 saturated carbocycles. The number of rotatable bonds is 3. The van der Waals surface area contributed by atoms with E-state index >= 15 is 0 Å². The molecule has 0 aliphatic carbocycles. The summed E-state index contributed by atoms with van der Waals surface area (Å²) in [5.41, 5.74) is 7.28. The molecule has 0 radical (unpaired) electrons. The van der Waals surface area contributed by atoms with Gasteiger partial charge in [-0.25, -0.2) is 0 Å². The minimum absolute atomic E-state index is 1.09. The van der Waals surface area contributed by atoms with Crippen LogP contribution in [0.3, 0.4) is 0 Å². The molecule has 3 aromatic carbocycles. The zero-order valence-corrected chi connectivity index (χ0v) is 12.2. The van der Waals surface area contributed by atoms with Crippen molar-refractivity contribution in [3.63, 3.8) is 0 Å². The lowest BCUT2D eigenvalue weighted by Gasteiger charge is -2.15. The predicted octanol–water partition coefficient (Wildman–Crippen LogP) is 6.05. The van der Waals surface area contributed by atoms with Crippen LogP contribution in [0.1, 0.15) is 12.5 Å². The summed E-state index contributed by atoms with van der Waals surface area (Å²) in [4.78, 5) is 0. The van der Waals surface area contributed by atoms with Crippen molar-refractivity contribution < 1.29 is 0 Å². The van der Waals surface area contributed by atoms with Crippen LogP contribution in [0.25, 0.3) is 27.8 Å². The lowest BCUT2D eigenvalue weighted by molar-refractivity contribution is 1.53. The highest BCUT2D eigenvalue weighted by atomic mass is 14.2. The van der Waals surface area contributed by atoms with Crippen molar-refractivity contribution in [2.75, 3.05) is 0 Å². The van der Waals surface area contributed by atoms with Gasteiger partial charge in [0.15, 0.2) is 0 Å². The van der Waals surface area contributed by atoms with E-state index in [1.54, 1.807) is 0 Å². The van der Waals surface area contributed by atoms with Crippen LogP contribution in [0.2, 0.25) is 0 Å². The molecule has 0 fully saturated rings. The highest BCUT2D eigenvalue weighted by Gasteiger charge is 2.12. The summed E-state index contributed by atoms with van der Waals surface area (Å²) in [5.74, 6) is 0. The first-order chi connectivity index (χ1) is 10.3. The van der Waals surface area contributed by atoms with Gasteiger partial charge in [0, 0.05) is 0 Å². The van der Waals surface area contributed by atoms with Gasteiger partial charge in [-0.2, -0.15) is 0 Å². The molecular weight excluding hydrogens is 252 g/mol. The fourth-order valence-corrected chi connectivity index (χ4v) is 2.68. The Morgan fingerprint density at radius 2 is 1.24 bits per heavy atom. The molecule has 21 heavy (non-hydrogen) atoms. The minimum atomic E-state index is 1.09. The Kier molecular flexibility index (Phi) is 3.70. The Bertz CT molecular complexity index is 753. The average molecular weight is 270 g/mol. The van der Waals surface area contributed by atoms with Gasteiger partial charge in [0.25, 0.3) is 0 Å². The first kappa shape index (κ1) is 13.4. The number of hydrogen-bond donors (Lipinski definition) is 0. The number of benzene rings is 3. The van der Waals surface area contributed by atoms with Crippen molar-refractivity contribution >= 4 is 5.57 Å². The van der Waals surface area contributed by atoms with Crippen molar-refractivity contribution in [3.8, 4) is 22.3 Å². The first-order valence-electron chi connectivity index (χ1n) is 7.17. The summed E-state index contributed by atoms with van der Waals surface area (Å²) < 4.78 is 0. The molecule has 0 amide bonds. The van der Waals surface area contributed by atoms with E-state index in [0.29, 0.717) is 0 Å². The molecule has 0 bridgehead atoms. The fourth-order valence-electron chi connectivity index (χ4n) is 2.68. The zero-order chi connectivity index (χ0) is 14.7. The summed E-state index contributed by atoms with van der Waals surface area (Å²) in [7, 11) is 0. The maximum atomic E-state index is 4.15. The van der Waals surface area contributed by atoms with Gasteiger partial charge >= 0.3 is 0 Å². The van der Waals surface area contributed by atoms with Crippen molar-refractivity contribution in [1.82, 2.24) is 0 Å². The molecule has 0 heterocycles. The van der Waals surface area contributed by atoms with Gasteiger partial charge in [0.05, 0.1) is 0 Å². The second-order valence-corrected chi connectivity index (χ2v) is 5.24. The third-order valence-corrected chi connectivity index (χ3v) is 3.67. The summed E-state index contributed by atoms with van der Waals surface area (Å²) in [6.45, 7) is 6.21. The largest absolute Gasteiger partial charge is 0.0955 e. The van der Waals surface area contributed by atoms with E-state index in [-0.39, 0.29) is 0 Å². The van der Waals surface area contributed by atoms with Gasteiger partial charge < -0.3 is 0 Å². The first-order valence-corrected chi connectivity index (χ1v) is 7.17. The smallest absolute Gasteiger partial charge is 0.00304 e. The fraction of sp³-hybridized carbons (Fsp3) is 0.0476. The Hall–Kier alpha value is -2.60. The number of allylic oxidation sites excluding steroid dienone is 1. The quantitative estimate of drug-likeness (QED) is 0.543. The van der Waals surface area contributed by atoms with E-state index < -0.39 is 0 Å². The standard InChI is InChI=1S/C21H18/c1-16(2)19-14-9-15-20(17-10-5-3-6-11-17)21(19)18-12-7-4-8-13-18/h3-15H,1H2,2H3. The van der Waals surface area contributed by atoms with E-state index in [4.69, 9.17) is 0 Å². The molecule has 0 heteroatoms. The molecular formula is C21H18. The van der Waals surface area contributed by atoms with Crippen molar-refractivity contribution in [2.24, 2.45) is 0 Å². The van der Waals surface area contributed by atoms with Crippen LogP contribution < -0.4 is 0 Å². The lowest BCUT2D eigenvalue weighted by atomic mass is 9.88. The Balaban J connectivity index is 2.31. The SMILES string of the molecule is C=C(C)c1cccc(-c2ccccc2)c1-c1ccccc1. The molecule has 3 aromatic rings. The van der Waals surface area contributed by atoms with Gasteiger partial charge in [-0.1, -0.05) is 91.0 Å². The predicted molar refractivity (Wildman–Crippen MR) is 92.0 cm³/mol. The van der Waals surface area contributed by atoms with Crippen molar-refractivity contribution in [3.05, 3.63) is 91.0 Å². The molecule has 0 unspecified atom stereocenters. The normalized spacial score (nSPS) is 10.3. The van der Waals surface area contributed by atoms with Gasteiger partial charge in [-0.15, -0.1) is 0 Å². The van der Waals surface area contributed by atoms with Crippen LogP contribution >= 0.6 is 0 Å². The van der Waals surface area contributed by atoms with Gasteiger partial charge in [-0.05, 0) is 34.7 Å². The van der Waals surface area contributed by atoms with Crippen LogP contribution in [-0.4, -0.2) is 0 Å². The Labute approximate surface area is 126 Å². The van der Waals surface area contributed by atoms with E-state index in [1.807, 2.05) is 6.07 Å². The lowest BCUT2D eigenvalue weighted by Crippen LogP contribution is -1.91. The van der Waals surface area contributed by atoms with E-state index in [2.05, 4.69) is 86.3 Å². The molecule has 0 aromatic heterocycles. The van der Waals surface area contributed by atoms with Crippen LogP contribution in [0.5, 0.6) is 0 Å². The maximum Gasteiger partial charge on any atom is -0.00304 e. The molecule has 0 atom stereocenters. The molecule has 0 spiro atoms. The van der Waals surface area contributed by atoms with E-state index in [1.165, 1.54) is 27.8 Å². The van der Waals surface area contributed by atoms with E-state index in [9.17, 15) is 0 Å². The second kappa shape index (κ2) is 5.80. The highest BCUT2D eigenvalue weighted by Crippen LogP contribution is 2.37. The van der Waals surface area contributed by atoms with Crippen LogP contribution in [0.4, 0.5) is 0 Å². The molecule has 0 aliphatic rings. The molecule has 0 saturated heterocycles. The van der Waals surface area contributed by atoms with Crippen LogP contribution in [-0.2, 0) is 0 Å². The highest BCUT2D eigenvalue weighted by molar-refractivity contribution is 5.91. The molecule has 3 rings (SSSR count).